The van der Waals surface area contributed by atoms with Gasteiger partial charge in [0.15, 0.2) is 0 Å². The number of carboxylic acid groups (broad SMARTS) is 1. The Labute approximate surface area is 149 Å². The van der Waals surface area contributed by atoms with Crippen molar-refractivity contribution in [1.82, 2.24) is 20.0 Å². The van der Waals surface area contributed by atoms with Crippen LogP contribution < -0.4 is 5.32 Å². The average Bonchev–Trinajstić information content (AvgIpc) is 3.26. The number of carboxylic acids is 1. The highest BCUT2D eigenvalue weighted by Crippen LogP contribution is 2.17. The lowest BCUT2D eigenvalue weighted by atomic mass is 10.1. The van der Waals surface area contributed by atoms with E-state index in [0.29, 0.717) is 18.7 Å². The molecule has 1 aromatic carbocycles. The van der Waals surface area contributed by atoms with Gasteiger partial charge in [0, 0.05) is 18.9 Å². The van der Waals surface area contributed by atoms with Gasteiger partial charge in [-0.2, -0.15) is 5.10 Å². The van der Waals surface area contributed by atoms with Gasteiger partial charge < -0.3 is 15.2 Å². The molecule has 0 spiro atoms. The van der Waals surface area contributed by atoms with Crippen LogP contribution >= 0.6 is 0 Å². The molecule has 2 heterocycles. The fraction of sp³-hybridized carbons (Fsp3) is 0.294. The van der Waals surface area contributed by atoms with Crippen molar-refractivity contribution >= 4 is 18.0 Å². The molecule has 136 valence electrons. The van der Waals surface area contributed by atoms with E-state index in [2.05, 4.69) is 10.4 Å². The smallest absolute Gasteiger partial charge is 0.410 e. The van der Waals surface area contributed by atoms with Crippen molar-refractivity contribution in [1.29, 1.82) is 0 Å². The molecule has 2 aromatic rings. The van der Waals surface area contributed by atoms with Gasteiger partial charge in [-0.25, -0.2) is 9.59 Å². The van der Waals surface area contributed by atoms with E-state index in [9.17, 15) is 14.4 Å². The lowest BCUT2D eigenvalue weighted by Crippen LogP contribution is -2.46. The Balaban J connectivity index is 1.58. The molecule has 2 amide bonds. The standard InChI is InChI=1S/C17H18N4O5/c22-15(18-7-9-20-8-1-6-19-20)14-11-26-17(25)21(14)10-12-2-4-13(5-3-12)16(23)24/h1-6,8,14H,7,9-11H2,(H,18,22)(H,23,24)/t14-/m0/s1. The maximum Gasteiger partial charge on any atom is 0.410 e. The summed E-state index contributed by atoms with van der Waals surface area (Å²) in [4.78, 5) is 36.5. The molecule has 1 aliphatic heterocycles. The summed E-state index contributed by atoms with van der Waals surface area (Å²) in [5, 5.41) is 15.7. The molecule has 2 N–H and O–H groups in total. The number of ether oxygens (including phenoxy) is 1. The lowest BCUT2D eigenvalue weighted by Gasteiger charge is -2.21. The van der Waals surface area contributed by atoms with E-state index in [0.717, 1.165) is 0 Å². The van der Waals surface area contributed by atoms with Gasteiger partial charge in [-0.15, -0.1) is 0 Å². The number of nitrogens with one attached hydrogen (secondary N) is 1. The Kier molecular flexibility index (Phi) is 5.16. The van der Waals surface area contributed by atoms with Gasteiger partial charge in [0.25, 0.3) is 0 Å². The normalized spacial score (nSPS) is 16.4. The third-order valence-corrected chi connectivity index (χ3v) is 4.03. The second-order valence-corrected chi connectivity index (χ2v) is 5.78. The number of hydrogen-bond acceptors (Lipinski definition) is 5. The maximum atomic E-state index is 12.4. The number of cyclic esters (lactones) is 1. The Morgan fingerprint density at radius 2 is 2.08 bits per heavy atom. The summed E-state index contributed by atoms with van der Waals surface area (Å²) in [5.41, 5.74) is 0.869. The molecule has 0 bridgehead atoms. The quantitative estimate of drug-likeness (QED) is 0.754. The first kappa shape index (κ1) is 17.5. The fourth-order valence-corrected chi connectivity index (χ4v) is 2.64. The molecule has 1 fully saturated rings. The molecule has 1 aliphatic rings. The van der Waals surface area contributed by atoms with Crippen LogP contribution in [0, 0.1) is 0 Å². The molecule has 26 heavy (non-hydrogen) atoms. The molecule has 0 radical (unpaired) electrons. The van der Waals surface area contributed by atoms with Gasteiger partial charge in [0.1, 0.15) is 12.6 Å². The number of hydrogen-bond donors (Lipinski definition) is 2. The van der Waals surface area contributed by atoms with Crippen molar-refractivity contribution < 1.29 is 24.2 Å². The zero-order valence-corrected chi connectivity index (χ0v) is 13.9. The lowest BCUT2D eigenvalue weighted by molar-refractivity contribution is -0.125. The van der Waals surface area contributed by atoms with Crippen LogP contribution in [0.1, 0.15) is 15.9 Å². The largest absolute Gasteiger partial charge is 0.478 e. The van der Waals surface area contributed by atoms with Crippen molar-refractivity contribution in [2.45, 2.75) is 19.1 Å². The summed E-state index contributed by atoms with van der Waals surface area (Å²) < 4.78 is 6.69. The van der Waals surface area contributed by atoms with Crippen molar-refractivity contribution in [3.05, 3.63) is 53.9 Å². The minimum absolute atomic E-state index is 0.0142. The van der Waals surface area contributed by atoms with Gasteiger partial charge in [0.05, 0.1) is 18.7 Å². The molecule has 1 saturated heterocycles. The van der Waals surface area contributed by atoms with Gasteiger partial charge in [-0.1, -0.05) is 12.1 Å². The summed E-state index contributed by atoms with van der Waals surface area (Å²) in [5.74, 6) is -1.32. The number of carbonyl (C=O) groups excluding carboxylic acids is 2. The number of rotatable bonds is 7. The van der Waals surface area contributed by atoms with Crippen LogP contribution in [0.2, 0.25) is 0 Å². The first-order chi connectivity index (χ1) is 12.5. The van der Waals surface area contributed by atoms with Crippen LogP contribution in [0.3, 0.4) is 0 Å². The summed E-state index contributed by atoms with van der Waals surface area (Å²) in [7, 11) is 0. The minimum Gasteiger partial charge on any atom is -0.478 e. The number of benzene rings is 1. The molecule has 3 rings (SSSR count). The van der Waals surface area contributed by atoms with Crippen molar-refractivity contribution in [3.8, 4) is 0 Å². The average molecular weight is 358 g/mol. The molecule has 9 heteroatoms. The van der Waals surface area contributed by atoms with E-state index in [4.69, 9.17) is 9.84 Å². The number of amides is 2. The third kappa shape index (κ3) is 4.00. The van der Waals surface area contributed by atoms with E-state index in [-0.39, 0.29) is 24.6 Å². The summed E-state index contributed by atoms with van der Waals surface area (Å²) in [6, 6.07) is 7.21. The van der Waals surface area contributed by atoms with E-state index in [1.807, 2.05) is 0 Å². The number of aromatic carboxylic acids is 1. The zero-order valence-electron chi connectivity index (χ0n) is 13.9. The summed E-state index contributed by atoms with van der Waals surface area (Å²) in [6.07, 6.45) is 2.88. The Morgan fingerprint density at radius 1 is 1.31 bits per heavy atom. The first-order valence-electron chi connectivity index (χ1n) is 8.05. The first-order valence-corrected chi connectivity index (χ1v) is 8.05. The molecule has 9 nitrogen and oxygen atoms in total. The molecule has 1 aromatic heterocycles. The van der Waals surface area contributed by atoms with Crippen molar-refractivity contribution in [2.24, 2.45) is 0 Å². The van der Waals surface area contributed by atoms with E-state index in [1.54, 1.807) is 35.3 Å². The Bertz CT molecular complexity index is 788. The third-order valence-electron chi connectivity index (χ3n) is 4.03. The molecule has 0 unspecified atom stereocenters. The van der Waals surface area contributed by atoms with E-state index in [1.165, 1.54) is 17.0 Å². The topological polar surface area (TPSA) is 114 Å². The predicted molar refractivity (Wildman–Crippen MR) is 89.3 cm³/mol. The fourth-order valence-electron chi connectivity index (χ4n) is 2.64. The Hall–Kier alpha value is -3.36. The predicted octanol–water partition coefficient (Wildman–Crippen LogP) is 0.718. The number of carbonyl (C=O) groups is 3. The van der Waals surface area contributed by atoms with Crippen LogP contribution in [-0.2, 0) is 22.6 Å². The zero-order chi connectivity index (χ0) is 18.5. The Morgan fingerprint density at radius 3 is 2.73 bits per heavy atom. The number of aromatic nitrogens is 2. The molecule has 0 saturated carbocycles. The van der Waals surface area contributed by atoms with Gasteiger partial charge in [-0.05, 0) is 23.8 Å². The van der Waals surface area contributed by atoms with E-state index >= 15 is 0 Å². The molecular weight excluding hydrogens is 340 g/mol. The second-order valence-electron chi connectivity index (χ2n) is 5.78. The highest BCUT2D eigenvalue weighted by molar-refractivity contribution is 5.88. The van der Waals surface area contributed by atoms with Crippen molar-refractivity contribution in [2.75, 3.05) is 13.2 Å². The van der Waals surface area contributed by atoms with Gasteiger partial charge >= 0.3 is 12.1 Å². The van der Waals surface area contributed by atoms with Crippen molar-refractivity contribution in [3.63, 3.8) is 0 Å². The summed E-state index contributed by atoms with van der Waals surface area (Å²) >= 11 is 0. The monoisotopic (exact) mass is 358 g/mol. The van der Waals surface area contributed by atoms with Crippen LogP contribution in [0.15, 0.2) is 42.7 Å². The molecule has 1 atom stereocenters. The van der Waals surface area contributed by atoms with Gasteiger partial charge in [0.2, 0.25) is 5.91 Å². The van der Waals surface area contributed by atoms with Crippen LogP contribution in [0.4, 0.5) is 4.79 Å². The molecular formula is C17H18N4O5. The summed E-state index contributed by atoms with van der Waals surface area (Å²) in [6.45, 7) is 1.05. The van der Waals surface area contributed by atoms with Gasteiger partial charge in [-0.3, -0.25) is 14.4 Å². The van der Waals surface area contributed by atoms with Crippen LogP contribution in [-0.4, -0.2) is 57.0 Å². The van der Waals surface area contributed by atoms with Crippen LogP contribution in [0.5, 0.6) is 0 Å². The second kappa shape index (κ2) is 7.68. The minimum atomic E-state index is -1.02. The molecule has 0 aliphatic carbocycles. The highest BCUT2D eigenvalue weighted by atomic mass is 16.6. The van der Waals surface area contributed by atoms with E-state index < -0.39 is 18.1 Å². The highest BCUT2D eigenvalue weighted by Gasteiger charge is 2.37. The van der Waals surface area contributed by atoms with Crippen LogP contribution in [0.25, 0.3) is 0 Å². The number of nitrogens with zero attached hydrogens (tertiary/aromatic N) is 3. The maximum absolute atomic E-state index is 12.4. The SMILES string of the molecule is O=C(O)c1ccc(CN2C(=O)OC[C@H]2C(=O)NCCn2cccn2)cc1.